The van der Waals surface area contributed by atoms with Gasteiger partial charge in [-0.2, -0.15) is 0 Å². The number of nitrogens with one attached hydrogen (secondary N) is 1. The van der Waals surface area contributed by atoms with Crippen molar-refractivity contribution in [2.24, 2.45) is 0 Å². The number of ketones is 1. The number of fused-ring (bicyclic) bond motifs is 1. The highest BCUT2D eigenvalue weighted by atomic mass is 127. The zero-order chi connectivity index (χ0) is 9.42. The summed E-state index contributed by atoms with van der Waals surface area (Å²) >= 11 is 2.14. The van der Waals surface area contributed by atoms with Gasteiger partial charge < -0.3 is 5.32 Å². The molecule has 1 aromatic rings. The molecule has 1 aromatic carbocycles. The number of benzene rings is 1. The molecule has 0 unspecified atom stereocenters. The van der Waals surface area contributed by atoms with Gasteiger partial charge in [0.25, 0.3) is 0 Å². The van der Waals surface area contributed by atoms with Gasteiger partial charge in [-0.15, -0.1) is 0 Å². The van der Waals surface area contributed by atoms with E-state index in [4.69, 9.17) is 0 Å². The summed E-state index contributed by atoms with van der Waals surface area (Å²) in [6.07, 6.45) is -0.0341. The molecule has 0 aromatic heterocycles. The van der Waals surface area contributed by atoms with E-state index in [0.717, 1.165) is 3.57 Å². The van der Waals surface area contributed by atoms with Gasteiger partial charge in [-0.3, -0.25) is 9.59 Å². The molecular weight excluding hydrogens is 281 g/mol. The van der Waals surface area contributed by atoms with Crippen LogP contribution in [0, 0.1) is 3.57 Å². The minimum Gasteiger partial charge on any atom is -0.325 e. The number of halogens is 1. The zero-order valence-electron chi connectivity index (χ0n) is 6.63. The summed E-state index contributed by atoms with van der Waals surface area (Å²) in [6, 6.07) is 5.40. The molecule has 3 nitrogen and oxygen atoms in total. The van der Waals surface area contributed by atoms with Gasteiger partial charge in [-0.05, 0) is 40.8 Å². The number of amides is 1. The van der Waals surface area contributed by atoms with E-state index in [1.54, 1.807) is 12.1 Å². The molecule has 1 amide bonds. The summed E-state index contributed by atoms with van der Waals surface area (Å²) in [5.41, 5.74) is 1.24. The van der Waals surface area contributed by atoms with E-state index in [-0.39, 0.29) is 18.1 Å². The predicted molar refractivity (Wildman–Crippen MR) is 56.7 cm³/mol. The van der Waals surface area contributed by atoms with Gasteiger partial charge in [0.05, 0.1) is 12.1 Å². The predicted octanol–water partition coefficient (Wildman–Crippen LogP) is 1.82. The Morgan fingerprint density at radius 1 is 1.31 bits per heavy atom. The number of anilines is 1. The molecule has 0 fully saturated rings. The smallest absolute Gasteiger partial charge is 0.232 e. The number of hydrogen-bond acceptors (Lipinski definition) is 2. The summed E-state index contributed by atoms with van der Waals surface area (Å²) in [5, 5.41) is 2.67. The molecule has 0 radical (unpaired) electrons. The maximum atomic E-state index is 11.3. The molecule has 0 aliphatic carbocycles. The molecular formula is C9H6INO2. The van der Waals surface area contributed by atoms with Crippen molar-refractivity contribution < 1.29 is 9.59 Å². The maximum Gasteiger partial charge on any atom is 0.232 e. The van der Waals surface area contributed by atoms with Crippen molar-refractivity contribution in [3.05, 3.63) is 27.3 Å². The average molecular weight is 287 g/mol. The van der Waals surface area contributed by atoms with Crippen LogP contribution in [-0.2, 0) is 4.79 Å². The van der Waals surface area contributed by atoms with E-state index in [1.807, 2.05) is 6.07 Å². The second-order valence-electron chi connectivity index (χ2n) is 2.84. The lowest BCUT2D eigenvalue weighted by molar-refractivity contribution is -0.115. The summed E-state index contributed by atoms with van der Waals surface area (Å²) in [7, 11) is 0. The van der Waals surface area contributed by atoms with Crippen molar-refractivity contribution in [1.29, 1.82) is 0 Å². The molecule has 0 saturated carbocycles. The van der Waals surface area contributed by atoms with E-state index in [0.29, 0.717) is 11.3 Å². The van der Waals surface area contributed by atoms with Crippen LogP contribution in [0.3, 0.4) is 0 Å². The summed E-state index contributed by atoms with van der Waals surface area (Å²) in [6.45, 7) is 0. The third-order valence-corrected chi connectivity index (χ3v) is 2.55. The van der Waals surface area contributed by atoms with Crippen LogP contribution in [0.4, 0.5) is 5.69 Å². The Kier molecular flexibility index (Phi) is 2.07. The van der Waals surface area contributed by atoms with Crippen LogP contribution >= 0.6 is 22.6 Å². The number of Topliss-reactive ketones (excluding diaryl/α,β-unsaturated/α-hetero) is 1. The Labute approximate surface area is 88.7 Å². The largest absolute Gasteiger partial charge is 0.325 e. The summed E-state index contributed by atoms with van der Waals surface area (Å²) < 4.78 is 1.01. The fourth-order valence-corrected chi connectivity index (χ4v) is 1.79. The quantitative estimate of drug-likeness (QED) is 0.584. The standard InChI is InChI=1S/C9H6INO2/c10-5-1-2-6-7(3-5)11-9(13)4-8(6)12/h1-3H,4H2,(H,11,13). The molecule has 1 heterocycles. The Balaban J connectivity index is 2.55. The normalized spacial score (nSPS) is 15.2. The second kappa shape index (κ2) is 3.10. The van der Waals surface area contributed by atoms with Gasteiger partial charge in [0.2, 0.25) is 5.91 Å². The highest BCUT2D eigenvalue weighted by Crippen LogP contribution is 2.24. The molecule has 66 valence electrons. The molecule has 1 N–H and O–H groups in total. The van der Waals surface area contributed by atoms with Crippen LogP contribution in [0.5, 0.6) is 0 Å². The Bertz CT molecular complexity index is 401. The number of hydrogen-bond donors (Lipinski definition) is 1. The van der Waals surface area contributed by atoms with Gasteiger partial charge >= 0.3 is 0 Å². The fourth-order valence-electron chi connectivity index (χ4n) is 1.30. The molecule has 0 bridgehead atoms. The molecule has 0 spiro atoms. The fraction of sp³-hybridized carbons (Fsp3) is 0.111. The van der Waals surface area contributed by atoms with Crippen molar-refractivity contribution >= 4 is 40.0 Å². The van der Waals surface area contributed by atoms with Crippen molar-refractivity contribution in [3.8, 4) is 0 Å². The monoisotopic (exact) mass is 287 g/mol. The molecule has 1 aliphatic heterocycles. The molecule has 2 rings (SSSR count). The first-order valence-electron chi connectivity index (χ1n) is 3.79. The zero-order valence-corrected chi connectivity index (χ0v) is 8.79. The Hall–Kier alpha value is -0.910. The lowest BCUT2D eigenvalue weighted by atomic mass is 10.0. The van der Waals surface area contributed by atoms with Crippen molar-refractivity contribution in [2.75, 3.05) is 5.32 Å². The van der Waals surface area contributed by atoms with Crippen LogP contribution < -0.4 is 5.32 Å². The van der Waals surface area contributed by atoms with Crippen LogP contribution in [-0.4, -0.2) is 11.7 Å². The first-order chi connectivity index (χ1) is 6.16. The third-order valence-electron chi connectivity index (χ3n) is 1.88. The van der Waals surface area contributed by atoms with E-state index in [2.05, 4.69) is 27.9 Å². The van der Waals surface area contributed by atoms with Crippen molar-refractivity contribution in [1.82, 2.24) is 0 Å². The number of rotatable bonds is 0. The van der Waals surface area contributed by atoms with Crippen LogP contribution in [0.15, 0.2) is 18.2 Å². The van der Waals surface area contributed by atoms with Crippen LogP contribution in [0.25, 0.3) is 0 Å². The van der Waals surface area contributed by atoms with Gasteiger partial charge in [0, 0.05) is 9.13 Å². The van der Waals surface area contributed by atoms with E-state index in [9.17, 15) is 9.59 Å². The second-order valence-corrected chi connectivity index (χ2v) is 4.08. The maximum absolute atomic E-state index is 11.3. The third kappa shape index (κ3) is 1.58. The van der Waals surface area contributed by atoms with Gasteiger partial charge in [-0.1, -0.05) is 0 Å². The SMILES string of the molecule is O=C1CC(=O)c2ccc(I)cc2N1. The van der Waals surface area contributed by atoms with Gasteiger partial charge in [-0.25, -0.2) is 0 Å². The molecule has 13 heavy (non-hydrogen) atoms. The Morgan fingerprint density at radius 2 is 2.08 bits per heavy atom. The molecule has 0 atom stereocenters. The van der Waals surface area contributed by atoms with E-state index >= 15 is 0 Å². The minimum atomic E-state index is -0.223. The average Bonchev–Trinajstić information content (AvgIpc) is 2.02. The lowest BCUT2D eigenvalue weighted by Crippen LogP contribution is -2.23. The van der Waals surface area contributed by atoms with E-state index < -0.39 is 0 Å². The highest BCUT2D eigenvalue weighted by Gasteiger charge is 2.21. The van der Waals surface area contributed by atoms with Crippen molar-refractivity contribution in [3.63, 3.8) is 0 Å². The minimum absolute atomic E-state index is 0.0341. The van der Waals surface area contributed by atoms with Gasteiger partial charge in [0.15, 0.2) is 5.78 Å². The molecule has 0 saturated heterocycles. The van der Waals surface area contributed by atoms with E-state index in [1.165, 1.54) is 0 Å². The topological polar surface area (TPSA) is 46.2 Å². The summed E-state index contributed by atoms with van der Waals surface area (Å²) in [4.78, 5) is 22.4. The first-order valence-corrected chi connectivity index (χ1v) is 4.87. The number of carbonyl (C=O) groups is 2. The van der Waals surface area contributed by atoms with Gasteiger partial charge in [0.1, 0.15) is 0 Å². The molecule has 4 heteroatoms. The first kappa shape index (κ1) is 8.68. The lowest BCUT2D eigenvalue weighted by Gasteiger charge is -2.15. The number of carbonyl (C=O) groups excluding carboxylic acids is 2. The highest BCUT2D eigenvalue weighted by molar-refractivity contribution is 14.1. The van der Waals surface area contributed by atoms with Crippen LogP contribution in [0.2, 0.25) is 0 Å². The van der Waals surface area contributed by atoms with Crippen LogP contribution in [0.1, 0.15) is 16.8 Å². The Morgan fingerprint density at radius 3 is 2.85 bits per heavy atom. The molecule has 1 aliphatic rings. The summed E-state index contributed by atoms with van der Waals surface area (Å²) in [5.74, 6) is -0.324. The van der Waals surface area contributed by atoms with Crippen molar-refractivity contribution in [2.45, 2.75) is 6.42 Å².